The van der Waals surface area contributed by atoms with Gasteiger partial charge in [-0.05, 0) is 42.3 Å². The lowest BCUT2D eigenvalue weighted by Gasteiger charge is -2.36. The van der Waals surface area contributed by atoms with Crippen molar-refractivity contribution in [2.45, 2.75) is 45.3 Å². The second-order valence-electron chi connectivity index (χ2n) is 4.25. The zero-order chi connectivity index (χ0) is 12.9. The Labute approximate surface area is 116 Å². The van der Waals surface area contributed by atoms with Crippen LogP contribution in [-0.4, -0.2) is 18.2 Å². The van der Waals surface area contributed by atoms with Crippen LogP contribution >= 0.6 is 27.3 Å². The normalized spacial score (nSPS) is 16.8. The zero-order valence-corrected chi connectivity index (χ0v) is 13.0. The summed E-state index contributed by atoms with van der Waals surface area (Å²) in [6.45, 7) is 6.97. The molecule has 2 atom stereocenters. The molecule has 3 N–H and O–H groups in total. The molecule has 0 radical (unpaired) electrons. The number of hydrazine groups is 1. The van der Waals surface area contributed by atoms with E-state index in [9.17, 15) is 0 Å². The van der Waals surface area contributed by atoms with Crippen LogP contribution in [0.4, 0.5) is 0 Å². The highest BCUT2D eigenvalue weighted by molar-refractivity contribution is 9.10. The summed E-state index contributed by atoms with van der Waals surface area (Å²) < 4.78 is 6.99. The van der Waals surface area contributed by atoms with E-state index in [1.54, 1.807) is 11.3 Å². The lowest BCUT2D eigenvalue weighted by molar-refractivity contribution is -0.0549. The third-order valence-electron chi connectivity index (χ3n) is 3.14. The molecule has 0 aliphatic rings. The van der Waals surface area contributed by atoms with E-state index in [0.29, 0.717) is 6.61 Å². The van der Waals surface area contributed by atoms with Crippen LogP contribution in [0.5, 0.6) is 0 Å². The summed E-state index contributed by atoms with van der Waals surface area (Å²) in [5.74, 6) is 5.68. The molecule has 0 fully saturated rings. The number of nitrogens with one attached hydrogen (secondary N) is 1. The lowest BCUT2D eigenvalue weighted by Crippen LogP contribution is -2.54. The number of ether oxygens (including phenoxy) is 1. The van der Waals surface area contributed by atoms with Gasteiger partial charge in [-0.25, -0.2) is 0 Å². The molecule has 3 nitrogen and oxygen atoms in total. The molecule has 0 aromatic carbocycles. The van der Waals surface area contributed by atoms with Crippen LogP contribution in [0.3, 0.4) is 0 Å². The fourth-order valence-corrected chi connectivity index (χ4v) is 3.39. The summed E-state index contributed by atoms with van der Waals surface area (Å²) >= 11 is 5.21. The van der Waals surface area contributed by atoms with Gasteiger partial charge in [0.1, 0.15) is 0 Å². The highest BCUT2D eigenvalue weighted by Crippen LogP contribution is 2.26. The summed E-state index contributed by atoms with van der Waals surface area (Å²) in [4.78, 5) is 1.30. The Bertz CT molecular complexity index is 345. The molecule has 0 saturated heterocycles. The molecule has 98 valence electrons. The minimum absolute atomic E-state index is 0.123. The van der Waals surface area contributed by atoms with Crippen LogP contribution in [0.15, 0.2) is 15.9 Å². The Morgan fingerprint density at radius 3 is 2.71 bits per heavy atom. The topological polar surface area (TPSA) is 47.3 Å². The van der Waals surface area contributed by atoms with Gasteiger partial charge in [0.25, 0.3) is 0 Å². The molecule has 0 saturated carbocycles. The second kappa shape index (κ2) is 6.85. The number of rotatable bonds is 7. The van der Waals surface area contributed by atoms with Gasteiger partial charge >= 0.3 is 0 Å². The van der Waals surface area contributed by atoms with Crippen LogP contribution in [0.25, 0.3) is 0 Å². The van der Waals surface area contributed by atoms with Gasteiger partial charge in [0.2, 0.25) is 0 Å². The Hall–Kier alpha value is 0.0600. The maximum atomic E-state index is 5.86. The minimum atomic E-state index is -0.222. The molecule has 2 unspecified atom stereocenters. The molecule has 0 aliphatic carbocycles. The van der Waals surface area contributed by atoms with Crippen LogP contribution in [0.2, 0.25) is 0 Å². The number of hydrogen-bond donors (Lipinski definition) is 2. The van der Waals surface area contributed by atoms with Gasteiger partial charge in [0.05, 0.1) is 11.6 Å². The van der Waals surface area contributed by atoms with Gasteiger partial charge < -0.3 is 4.74 Å². The van der Waals surface area contributed by atoms with E-state index in [-0.39, 0.29) is 11.6 Å². The first kappa shape index (κ1) is 15.1. The smallest absolute Gasteiger partial charge is 0.0820 e. The van der Waals surface area contributed by atoms with Gasteiger partial charge in [0, 0.05) is 27.8 Å². The van der Waals surface area contributed by atoms with E-state index in [1.807, 2.05) is 6.92 Å². The Balaban J connectivity index is 2.75. The fraction of sp³-hybridized carbons (Fsp3) is 0.667. The van der Waals surface area contributed by atoms with Gasteiger partial charge in [-0.2, -0.15) is 0 Å². The highest BCUT2D eigenvalue weighted by atomic mass is 79.9. The summed E-state index contributed by atoms with van der Waals surface area (Å²) in [5, 5.41) is 2.09. The van der Waals surface area contributed by atoms with Crippen molar-refractivity contribution in [1.29, 1.82) is 0 Å². The largest absolute Gasteiger partial charge is 0.374 e. The molecule has 0 bridgehead atoms. The average molecular weight is 321 g/mol. The van der Waals surface area contributed by atoms with Crippen LogP contribution < -0.4 is 11.3 Å². The maximum absolute atomic E-state index is 5.86. The number of nitrogens with two attached hydrogens (primary N) is 1. The zero-order valence-electron chi connectivity index (χ0n) is 10.6. The van der Waals surface area contributed by atoms with Crippen molar-refractivity contribution in [1.82, 2.24) is 5.43 Å². The first-order chi connectivity index (χ1) is 8.05. The SMILES string of the molecule is CCOC(C)(CC)C(Cc1cc(Br)cs1)NN. The summed E-state index contributed by atoms with van der Waals surface area (Å²) in [6, 6.07) is 2.26. The number of hydrogen-bond acceptors (Lipinski definition) is 4. The molecule has 0 amide bonds. The molecular weight excluding hydrogens is 300 g/mol. The van der Waals surface area contributed by atoms with E-state index in [2.05, 4.69) is 46.6 Å². The molecule has 17 heavy (non-hydrogen) atoms. The maximum Gasteiger partial charge on any atom is 0.0820 e. The van der Waals surface area contributed by atoms with Crippen LogP contribution in [0.1, 0.15) is 32.1 Å². The average Bonchev–Trinajstić information content (AvgIpc) is 2.72. The van der Waals surface area contributed by atoms with Gasteiger partial charge in [-0.3, -0.25) is 11.3 Å². The van der Waals surface area contributed by atoms with Crippen molar-refractivity contribution in [2.75, 3.05) is 6.61 Å². The lowest BCUT2D eigenvalue weighted by atomic mass is 9.90. The van der Waals surface area contributed by atoms with Crippen LogP contribution in [0, 0.1) is 0 Å². The first-order valence-electron chi connectivity index (χ1n) is 5.88. The molecule has 1 aromatic heterocycles. The Kier molecular flexibility index (Phi) is 6.09. The van der Waals surface area contributed by atoms with Crippen molar-refractivity contribution >= 4 is 27.3 Å². The van der Waals surface area contributed by atoms with Crippen molar-refractivity contribution in [3.05, 3.63) is 20.8 Å². The fourth-order valence-electron chi connectivity index (χ4n) is 1.89. The molecule has 5 heteroatoms. The second-order valence-corrected chi connectivity index (χ2v) is 6.17. The van der Waals surface area contributed by atoms with Gasteiger partial charge in [0.15, 0.2) is 0 Å². The number of halogens is 1. The summed E-state index contributed by atoms with van der Waals surface area (Å²) in [7, 11) is 0. The molecule has 1 aromatic rings. The van der Waals surface area contributed by atoms with Gasteiger partial charge in [-0.1, -0.05) is 6.92 Å². The van der Waals surface area contributed by atoms with E-state index in [1.165, 1.54) is 4.88 Å². The van der Waals surface area contributed by atoms with Crippen molar-refractivity contribution in [2.24, 2.45) is 5.84 Å². The molecule has 0 aliphatic heterocycles. The summed E-state index contributed by atoms with van der Waals surface area (Å²) in [5.41, 5.74) is 2.68. The van der Waals surface area contributed by atoms with Crippen molar-refractivity contribution < 1.29 is 4.74 Å². The van der Waals surface area contributed by atoms with Crippen molar-refractivity contribution in [3.8, 4) is 0 Å². The number of thiophene rings is 1. The van der Waals surface area contributed by atoms with E-state index < -0.39 is 0 Å². The standard InChI is InChI=1S/C12H21BrN2OS/c1-4-12(3,16-5-2)11(15-14)7-10-6-9(13)8-17-10/h6,8,11,15H,4-5,7,14H2,1-3H3. The quantitative estimate of drug-likeness (QED) is 0.599. The third kappa shape index (κ3) is 4.03. The monoisotopic (exact) mass is 320 g/mol. The Morgan fingerprint density at radius 1 is 1.59 bits per heavy atom. The molecular formula is C12H21BrN2OS. The summed E-state index contributed by atoms with van der Waals surface area (Å²) in [6.07, 6.45) is 1.82. The van der Waals surface area contributed by atoms with E-state index in [0.717, 1.165) is 17.3 Å². The Morgan fingerprint density at radius 2 is 2.29 bits per heavy atom. The van der Waals surface area contributed by atoms with Crippen LogP contribution in [-0.2, 0) is 11.2 Å². The predicted octanol–water partition coefficient (Wildman–Crippen LogP) is 3.09. The van der Waals surface area contributed by atoms with E-state index >= 15 is 0 Å². The minimum Gasteiger partial charge on any atom is -0.374 e. The first-order valence-corrected chi connectivity index (χ1v) is 7.56. The third-order valence-corrected chi connectivity index (χ3v) is 4.86. The van der Waals surface area contributed by atoms with Gasteiger partial charge in [-0.15, -0.1) is 11.3 Å². The molecule has 0 spiro atoms. The highest BCUT2D eigenvalue weighted by Gasteiger charge is 2.32. The molecule has 1 rings (SSSR count). The predicted molar refractivity (Wildman–Crippen MR) is 77.2 cm³/mol. The van der Waals surface area contributed by atoms with Crippen molar-refractivity contribution in [3.63, 3.8) is 0 Å². The molecule has 1 heterocycles. The van der Waals surface area contributed by atoms with E-state index in [4.69, 9.17) is 10.6 Å².